The monoisotopic (exact) mass is 211 g/mol. The van der Waals surface area contributed by atoms with E-state index in [9.17, 15) is 9.59 Å². The Balaban J connectivity index is 2.15. The Morgan fingerprint density at radius 3 is 2.60 bits per heavy atom. The molecule has 0 bridgehead atoms. The molecule has 2 aliphatic rings. The summed E-state index contributed by atoms with van der Waals surface area (Å²) in [6.07, 6.45) is 2.23. The predicted molar refractivity (Wildman–Crippen MR) is 55.4 cm³/mol. The Morgan fingerprint density at radius 2 is 2.00 bits per heavy atom. The molecule has 3 amide bonds. The molecule has 0 aromatic rings. The number of carbonyl (C=O) groups is 2. The summed E-state index contributed by atoms with van der Waals surface area (Å²) in [4.78, 5) is 25.1. The molecule has 0 unspecified atom stereocenters. The fraction of sp³-hybridized carbons (Fsp3) is 0.800. The molecule has 2 rings (SSSR count). The van der Waals surface area contributed by atoms with Crippen LogP contribution in [0.15, 0.2) is 0 Å². The number of nitrogens with zero attached hydrogens (tertiary/aromatic N) is 1. The van der Waals surface area contributed by atoms with Gasteiger partial charge in [0.2, 0.25) is 0 Å². The van der Waals surface area contributed by atoms with E-state index in [0.29, 0.717) is 19.4 Å². The van der Waals surface area contributed by atoms with E-state index in [1.54, 1.807) is 0 Å². The molecule has 2 N–H and O–H groups in total. The molecule has 0 saturated carbocycles. The van der Waals surface area contributed by atoms with Crippen LogP contribution in [-0.4, -0.2) is 42.0 Å². The maximum Gasteiger partial charge on any atom is 0.325 e. The molecule has 0 radical (unpaired) electrons. The lowest BCUT2D eigenvalue weighted by molar-refractivity contribution is -0.132. The van der Waals surface area contributed by atoms with Gasteiger partial charge in [-0.05, 0) is 32.4 Å². The zero-order chi connectivity index (χ0) is 10.9. The molecule has 1 spiro atoms. The molecular formula is C10H17N3O2. The molecule has 0 aromatic carbocycles. The lowest BCUT2D eigenvalue weighted by atomic mass is 9.88. The van der Waals surface area contributed by atoms with Gasteiger partial charge in [-0.2, -0.15) is 0 Å². The van der Waals surface area contributed by atoms with Crippen molar-refractivity contribution in [2.45, 2.75) is 31.7 Å². The zero-order valence-electron chi connectivity index (χ0n) is 9.01. The minimum atomic E-state index is -0.600. The molecule has 0 aromatic heterocycles. The normalized spacial score (nSPS) is 24.7. The Morgan fingerprint density at radius 1 is 1.33 bits per heavy atom. The molecule has 5 heteroatoms. The second kappa shape index (κ2) is 3.81. The van der Waals surface area contributed by atoms with Crippen LogP contribution >= 0.6 is 0 Å². The van der Waals surface area contributed by atoms with Gasteiger partial charge in [0.15, 0.2) is 0 Å². The number of hydrogen-bond donors (Lipinski definition) is 2. The van der Waals surface area contributed by atoms with E-state index in [2.05, 4.69) is 10.6 Å². The van der Waals surface area contributed by atoms with Crippen molar-refractivity contribution < 1.29 is 9.59 Å². The van der Waals surface area contributed by atoms with Gasteiger partial charge in [0, 0.05) is 6.54 Å². The lowest BCUT2D eigenvalue weighted by Crippen LogP contribution is -2.53. The van der Waals surface area contributed by atoms with Gasteiger partial charge in [-0.3, -0.25) is 9.69 Å². The van der Waals surface area contributed by atoms with Gasteiger partial charge >= 0.3 is 6.03 Å². The first-order valence-electron chi connectivity index (χ1n) is 5.54. The lowest BCUT2D eigenvalue weighted by Gasteiger charge is -2.31. The first-order chi connectivity index (χ1) is 7.19. The zero-order valence-corrected chi connectivity index (χ0v) is 9.01. The first-order valence-corrected chi connectivity index (χ1v) is 5.54. The molecule has 15 heavy (non-hydrogen) atoms. The molecule has 2 heterocycles. The summed E-state index contributed by atoms with van der Waals surface area (Å²) in [5, 5.41) is 6.05. The Hall–Kier alpha value is -1.10. The minimum absolute atomic E-state index is 0.0316. The van der Waals surface area contributed by atoms with E-state index >= 15 is 0 Å². The summed E-state index contributed by atoms with van der Waals surface area (Å²) in [6.45, 7) is 4.09. The predicted octanol–water partition coefficient (Wildman–Crippen LogP) is 0.0704. The Bertz CT molecular complexity index is 284. The summed E-state index contributed by atoms with van der Waals surface area (Å²) in [5.41, 5.74) is -0.600. The number of hydrogen-bond acceptors (Lipinski definition) is 3. The van der Waals surface area contributed by atoms with E-state index in [4.69, 9.17) is 0 Å². The second-order valence-corrected chi connectivity index (χ2v) is 4.22. The van der Waals surface area contributed by atoms with Gasteiger partial charge in [0.1, 0.15) is 5.54 Å². The summed E-state index contributed by atoms with van der Waals surface area (Å²) < 4.78 is 0. The number of imide groups is 1. The van der Waals surface area contributed by atoms with E-state index in [0.717, 1.165) is 19.5 Å². The van der Waals surface area contributed by atoms with Crippen LogP contribution in [0.4, 0.5) is 4.79 Å². The smallest absolute Gasteiger partial charge is 0.323 e. The van der Waals surface area contributed by atoms with Crippen LogP contribution in [-0.2, 0) is 4.79 Å². The molecule has 2 saturated heterocycles. The molecule has 5 nitrogen and oxygen atoms in total. The van der Waals surface area contributed by atoms with Gasteiger partial charge in [-0.15, -0.1) is 0 Å². The van der Waals surface area contributed by atoms with Crippen LogP contribution in [0, 0.1) is 0 Å². The highest BCUT2D eigenvalue weighted by Gasteiger charge is 2.50. The van der Waals surface area contributed by atoms with Gasteiger partial charge < -0.3 is 10.6 Å². The molecule has 2 aliphatic heterocycles. The molecule has 2 fully saturated rings. The van der Waals surface area contributed by atoms with Crippen molar-refractivity contribution >= 4 is 11.9 Å². The van der Waals surface area contributed by atoms with E-state index in [1.165, 1.54) is 4.90 Å². The van der Waals surface area contributed by atoms with E-state index in [-0.39, 0.29) is 11.9 Å². The quantitative estimate of drug-likeness (QED) is 0.635. The SMILES string of the molecule is CCCN1C(=O)NC2(CCNCC2)C1=O. The molecular weight excluding hydrogens is 194 g/mol. The third kappa shape index (κ3) is 1.61. The summed E-state index contributed by atoms with van der Waals surface area (Å²) in [7, 11) is 0. The minimum Gasteiger partial charge on any atom is -0.323 e. The van der Waals surface area contributed by atoms with Gasteiger partial charge in [-0.25, -0.2) is 4.79 Å². The summed E-state index contributed by atoms with van der Waals surface area (Å²) in [5.74, 6) is -0.0316. The van der Waals surface area contributed by atoms with Crippen molar-refractivity contribution in [1.82, 2.24) is 15.5 Å². The molecule has 0 atom stereocenters. The van der Waals surface area contributed by atoms with Crippen LogP contribution in [0.1, 0.15) is 26.2 Å². The van der Waals surface area contributed by atoms with Gasteiger partial charge in [0.05, 0.1) is 0 Å². The number of urea groups is 1. The van der Waals surface area contributed by atoms with Crippen molar-refractivity contribution in [2.24, 2.45) is 0 Å². The number of amides is 3. The Kier molecular flexibility index (Phi) is 2.65. The largest absolute Gasteiger partial charge is 0.325 e. The van der Waals surface area contributed by atoms with Crippen molar-refractivity contribution in [2.75, 3.05) is 19.6 Å². The number of carbonyl (C=O) groups excluding carboxylic acids is 2. The highest BCUT2D eigenvalue weighted by atomic mass is 16.2. The maximum absolute atomic E-state index is 12.1. The first kappa shape index (κ1) is 10.4. The third-order valence-electron chi connectivity index (χ3n) is 3.15. The average molecular weight is 211 g/mol. The van der Waals surface area contributed by atoms with Crippen LogP contribution in [0.2, 0.25) is 0 Å². The van der Waals surface area contributed by atoms with Crippen LogP contribution < -0.4 is 10.6 Å². The highest BCUT2D eigenvalue weighted by molar-refractivity contribution is 6.07. The fourth-order valence-electron chi connectivity index (χ4n) is 2.30. The van der Waals surface area contributed by atoms with Crippen molar-refractivity contribution in [3.63, 3.8) is 0 Å². The Labute approximate surface area is 89.2 Å². The highest BCUT2D eigenvalue weighted by Crippen LogP contribution is 2.26. The van der Waals surface area contributed by atoms with Crippen LogP contribution in [0.25, 0.3) is 0 Å². The molecule has 0 aliphatic carbocycles. The number of nitrogens with one attached hydrogen (secondary N) is 2. The van der Waals surface area contributed by atoms with E-state index < -0.39 is 5.54 Å². The second-order valence-electron chi connectivity index (χ2n) is 4.22. The molecule has 84 valence electrons. The van der Waals surface area contributed by atoms with Gasteiger partial charge in [-0.1, -0.05) is 6.92 Å². The number of rotatable bonds is 2. The van der Waals surface area contributed by atoms with Crippen molar-refractivity contribution in [1.29, 1.82) is 0 Å². The van der Waals surface area contributed by atoms with Crippen LogP contribution in [0.5, 0.6) is 0 Å². The van der Waals surface area contributed by atoms with Crippen molar-refractivity contribution in [3.05, 3.63) is 0 Å². The fourth-order valence-corrected chi connectivity index (χ4v) is 2.30. The van der Waals surface area contributed by atoms with Crippen LogP contribution in [0.3, 0.4) is 0 Å². The maximum atomic E-state index is 12.1. The average Bonchev–Trinajstić information content (AvgIpc) is 2.45. The third-order valence-corrected chi connectivity index (χ3v) is 3.15. The standard InChI is InChI=1S/C10H17N3O2/c1-2-7-13-8(14)10(12-9(13)15)3-5-11-6-4-10/h11H,2-7H2,1H3,(H,12,15). The summed E-state index contributed by atoms with van der Waals surface area (Å²) >= 11 is 0. The van der Waals surface area contributed by atoms with Crippen molar-refractivity contribution in [3.8, 4) is 0 Å². The van der Waals surface area contributed by atoms with Gasteiger partial charge in [0.25, 0.3) is 5.91 Å². The van der Waals surface area contributed by atoms with E-state index in [1.807, 2.05) is 6.92 Å². The number of piperidine rings is 1. The summed E-state index contributed by atoms with van der Waals surface area (Å²) in [6, 6.07) is -0.219. The topological polar surface area (TPSA) is 61.4 Å².